The normalized spacial score (nSPS) is 10.3. The summed E-state index contributed by atoms with van der Waals surface area (Å²) in [6.45, 7) is 2.10. The van der Waals surface area contributed by atoms with Crippen LogP contribution in [0.2, 0.25) is 5.28 Å². The molecule has 0 fully saturated rings. The van der Waals surface area contributed by atoms with Crippen molar-refractivity contribution in [3.8, 4) is 5.75 Å². The van der Waals surface area contributed by atoms with Gasteiger partial charge in [0.1, 0.15) is 17.4 Å². The van der Waals surface area contributed by atoms with E-state index in [1.54, 1.807) is 18.3 Å². The van der Waals surface area contributed by atoms with Gasteiger partial charge in [0.15, 0.2) is 0 Å². The standard InChI is InChI=1S/C13H13ClFN3O/c1-8-6-17-13(14)18-12(8)16-7-9-10(15)4-3-5-11(9)19-2/h3-6H,7H2,1-2H3,(H,16,17,18). The molecule has 0 amide bonds. The fraction of sp³-hybridized carbons (Fsp3) is 0.231. The molecule has 100 valence electrons. The second kappa shape index (κ2) is 5.84. The number of benzene rings is 1. The molecule has 1 N–H and O–H groups in total. The molecular formula is C13H13ClFN3O. The average molecular weight is 282 g/mol. The lowest BCUT2D eigenvalue weighted by Crippen LogP contribution is -2.07. The third kappa shape index (κ3) is 3.12. The van der Waals surface area contributed by atoms with Gasteiger partial charge >= 0.3 is 0 Å². The summed E-state index contributed by atoms with van der Waals surface area (Å²) in [4.78, 5) is 7.91. The number of methoxy groups -OCH3 is 1. The molecule has 0 atom stereocenters. The minimum Gasteiger partial charge on any atom is -0.496 e. The van der Waals surface area contributed by atoms with Crippen molar-refractivity contribution in [2.24, 2.45) is 0 Å². The summed E-state index contributed by atoms with van der Waals surface area (Å²) >= 11 is 5.73. The van der Waals surface area contributed by atoms with Crippen molar-refractivity contribution in [1.82, 2.24) is 9.97 Å². The first kappa shape index (κ1) is 13.5. The Labute approximate surface area is 115 Å². The first-order chi connectivity index (χ1) is 9.11. The zero-order valence-corrected chi connectivity index (χ0v) is 11.3. The monoisotopic (exact) mass is 281 g/mol. The first-order valence-corrected chi connectivity index (χ1v) is 6.04. The molecule has 0 saturated heterocycles. The predicted molar refractivity (Wildman–Crippen MR) is 72.1 cm³/mol. The fourth-order valence-electron chi connectivity index (χ4n) is 1.67. The molecule has 6 heteroatoms. The summed E-state index contributed by atoms with van der Waals surface area (Å²) in [6, 6.07) is 4.70. The van der Waals surface area contributed by atoms with Crippen LogP contribution in [0.1, 0.15) is 11.1 Å². The number of hydrogen-bond acceptors (Lipinski definition) is 4. The summed E-state index contributed by atoms with van der Waals surface area (Å²) in [6.07, 6.45) is 1.61. The molecule has 1 aromatic carbocycles. The zero-order valence-electron chi connectivity index (χ0n) is 10.6. The van der Waals surface area contributed by atoms with Crippen LogP contribution in [0.15, 0.2) is 24.4 Å². The van der Waals surface area contributed by atoms with Gasteiger partial charge in [-0.25, -0.2) is 14.4 Å². The maximum atomic E-state index is 13.7. The number of halogens is 2. The lowest BCUT2D eigenvalue weighted by molar-refractivity contribution is 0.405. The van der Waals surface area contributed by atoms with E-state index in [4.69, 9.17) is 16.3 Å². The van der Waals surface area contributed by atoms with Crippen LogP contribution >= 0.6 is 11.6 Å². The van der Waals surface area contributed by atoms with Crippen LogP contribution in [0.3, 0.4) is 0 Å². The maximum Gasteiger partial charge on any atom is 0.224 e. The third-order valence-corrected chi connectivity index (χ3v) is 2.85. The molecule has 4 nitrogen and oxygen atoms in total. The van der Waals surface area contributed by atoms with Gasteiger partial charge in [0.05, 0.1) is 7.11 Å². The summed E-state index contributed by atoms with van der Waals surface area (Å²) in [5.41, 5.74) is 1.28. The number of ether oxygens (including phenoxy) is 1. The lowest BCUT2D eigenvalue weighted by Gasteiger charge is -2.12. The van der Waals surface area contributed by atoms with E-state index in [1.165, 1.54) is 13.2 Å². The Bertz CT molecular complexity index is 592. The van der Waals surface area contributed by atoms with Gasteiger partial charge in [0.2, 0.25) is 5.28 Å². The Hall–Kier alpha value is -1.88. The van der Waals surface area contributed by atoms with E-state index in [9.17, 15) is 4.39 Å². The molecule has 0 radical (unpaired) electrons. The number of nitrogens with zero attached hydrogens (tertiary/aromatic N) is 2. The van der Waals surface area contributed by atoms with Gasteiger partial charge in [-0.05, 0) is 30.7 Å². The molecule has 1 heterocycles. The Morgan fingerprint density at radius 1 is 1.42 bits per heavy atom. The van der Waals surface area contributed by atoms with Crippen molar-refractivity contribution in [2.75, 3.05) is 12.4 Å². The molecule has 0 saturated carbocycles. The average Bonchev–Trinajstić information content (AvgIpc) is 2.40. The molecule has 2 rings (SSSR count). The second-order valence-electron chi connectivity index (χ2n) is 3.94. The van der Waals surface area contributed by atoms with Crippen molar-refractivity contribution in [2.45, 2.75) is 13.5 Å². The number of aryl methyl sites for hydroxylation is 1. The zero-order chi connectivity index (χ0) is 13.8. The quantitative estimate of drug-likeness (QED) is 0.874. The van der Waals surface area contributed by atoms with Crippen LogP contribution in [0, 0.1) is 12.7 Å². The van der Waals surface area contributed by atoms with E-state index in [0.29, 0.717) is 17.1 Å². The van der Waals surface area contributed by atoms with Crippen LogP contribution in [0.4, 0.5) is 10.2 Å². The molecule has 1 aromatic heterocycles. The van der Waals surface area contributed by atoms with Gasteiger partial charge in [-0.15, -0.1) is 0 Å². The molecule has 0 spiro atoms. The highest BCUT2D eigenvalue weighted by molar-refractivity contribution is 6.28. The van der Waals surface area contributed by atoms with E-state index in [1.807, 2.05) is 6.92 Å². The highest BCUT2D eigenvalue weighted by atomic mass is 35.5. The van der Waals surface area contributed by atoms with Gasteiger partial charge in [0, 0.05) is 23.9 Å². The van der Waals surface area contributed by atoms with Crippen LogP contribution in [0.5, 0.6) is 5.75 Å². The van der Waals surface area contributed by atoms with Crippen molar-refractivity contribution in [3.63, 3.8) is 0 Å². The van der Waals surface area contributed by atoms with Gasteiger partial charge in [-0.2, -0.15) is 0 Å². The van der Waals surface area contributed by atoms with E-state index in [0.717, 1.165) is 5.56 Å². The summed E-state index contributed by atoms with van der Waals surface area (Å²) < 4.78 is 18.9. The van der Waals surface area contributed by atoms with Crippen LogP contribution in [-0.4, -0.2) is 17.1 Å². The summed E-state index contributed by atoms with van der Waals surface area (Å²) in [5, 5.41) is 3.18. The van der Waals surface area contributed by atoms with Crippen LogP contribution in [0.25, 0.3) is 0 Å². The maximum absolute atomic E-state index is 13.7. The molecule has 19 heavy (non-hydrogen) atoms. The number of rotatable bonds is 4. The van der Waals surface area contributed by atoms with Crippen molar-refractivity contribution in [1.29, 1.82) is 0 Å². The largest absolute Gasteiger partial charge is 0.496 e. The minimum absolute atomic E-state index is 0.147. The summed E-state index contributed by atoms with van der Waals surface area (Å²) in [7, 11) is 1.51. The number of hydrogen-bond donors (Lipinski definition) is 1. The molecule has 0 unspecified atom stereocenters. The minimum atomic E-state index is -0.329. The van der Waals surface area contributed by atoms with E-state index in [2.05, 4.69) is 15.3 Å². The van der Waals surface area contributed by atoms with Crippen molar-refractivity contribution in [3.05, 3.63) is 46.6 Å². The number of aromatic nitrogens is 2. The van der Waals surface area contributed by atoms with Gasteiger partial charge in [-0.3, -0.25) is 0 Å². The van der Waals surface area contributed by atoms with Crippen molar-refractivity contribution < 1.29 is 9.13 Å². The summed E-state index contributed by atoms with van der Waals surface area (Å²) in [5.74, 6) is 0.736. The first-order valence-electron chi connectivity index (χ1n) is 5.66. The Morgan fingerprint density at radius 3 is 2.95 bits per heavy atom. The lowest BCUT2D eigenvalue weighted by atomic mass is 10.2. The Kier molecular flexibility index (Phi) is 4.16. The van der Waals surface area contributed by atoms with E-state index >= 15 is 0 Å². The van der Waals surface area contributed by atoms with Gasteiger partial charge < -0.3 is 10.1 Å². The molecule has 2 aromatic rings. The Balaban J connectivity index is 2.21. The molecule has 0 aliphatic heterocycles. The van der Waals surface area contributed by atoms with Gasteiger partial charge in [-0.1, -0.05) is 6.07 Å². The smallest absolute Gasteiger partial charge is 0.224 e. The number of nitrogens with one attached hydrogen (secondary N) is 1. The number of anilines is 1. The SMILES string of the molecule is COc1cccc(F)c1CNc1nc(Cl)ncc1C. The second-order valence-corrected chi connectivity index (χ2v) is 4.28. The topological polar surface area (TPSA) is 47.0 Å². The van der Waals surface area contributed by atoms with Crippen molar-refractivity contribution >= 4 is 17.4 Å². The van der Waals surface area contributed by atoms with Crippen LogP contribution in [-0.2, 0) is 6.54 Å². The predicted octanol–water partition coefficient (Wildman–Crippen LogP) is 3.20. The van der Waals surface area contributed by atoms with Crippen LogP contribution < -0.4 is 10.1 Å². The molecular weight excluding hydrogens is 269 g/mol. The molecule has 0 bridgehead atoms. The third-order valence-electron chi connectivity index (χ3n) is 2.67. The molecule has 0 aliphatic carbocycles. The highest BCUT2D eigenvalue weighted by Crippen LogP contribution is 2.23. The molecule has 0 aliphatic rings. The fourth-order valence-corrected chi connectivity index (χ4v) is 1.81. The van der Waals surface area contributed by atoms with E-state index in [-0.39, 0.29) is 17.6 Å². The van der Waals surface area contributed by atoms with Gasteiger partial charge in [0.25, 0.3) is 0 Å². The highest BCUT2D eigenvalue weighted by Gasteiger charge is 2.10. The van der Waals surface area contributed by atoms with E-state index < -0.39 is 0 Å². The Morgan fingerprint density at radius 2 is 2.21 bits per heavy atom.